The summed E-state index contributed by atoms with van der Waals surface area (Å²) in [6, 6.07) is 30.8. The monoisotopic (exact) mass is 389 g/mol. The van der Waals surface area contributed by atoms with Crippen LogP contribution in [0.5, 0.6) is 0 Å². The third-order valence-corrected chi connectivity index (χ3v) is 4.61. The second kappa shape index (κ2) is 6.95. The largest absolute Gasteiger partial charge is 0.239 e. The summed E-state index contributed by atoms with van der Waals surface area (Å²) in [5, 5.41) is 6.49. The van der Waals surface area contributed by atoms with Gasteiger partial charge in [-0.2, -0.15) is 5.10 Å². The summed E-state index contributed by atoms with van der Waals surface area (Å²) >= 11 is 3.63. The van der Waals surface area contributed by atoms with Crippen molar-refractivity contribution in [2.24, 2.45) is 5.10 Å². The number of hydrazine groups is 1. The Morgan fingerprint density at radius 3 is 1.80 bits per heavy atom. The van der Waals surface area contributed by atoms with Crippen LogP contribution in [0.3, 0.4) is 0 Å². The van der Waals surface area contributed by atoms with E-state index < -0.39 is 0 Å². The second-order valence-corrected chi connectivity index (χ2v) is 6.38. The van der Waals surface area contributed by atoms with Gasteiger partial charge in [0.2, 0.25) is 0 Å². The van der Waals surface area contributed by atoms with E-state index in [4.69, 9.17) is 0 Å². The molecule has 0 unspecified atom stereocenters. The summed E-state index contributed by atoms with van der Waals surface area (Å²) in [7, 11) is 0. The standard InChI is InChI=1S/C21H16BrN3/c22-21-19(16-10-4-1-5-11-16)20(17-12-6-2-7-13-17)25(24-23-21)18-14-8-3-9-15-18/h1-15,24H. The molecule has 0 spiro atoms. The molecule has 25 heavy (non-hydrogen) atoms. The molecule has 0 aromatic heterocycles. The summed E-state index contributed by atoms with van der Waals surface area (Å²) < 4.78 is 0.782. The third kappa shape index (κ3) is 3.08. The zero-order valence-corrected chi connectivity index (χ0v) is 15.0. The molecule has 1 aliphatic heterocycles. The van der Waals surface area contributed by atoms with Gasteiger partial charge in [-0.05, 0) is 33.6 Å². The number of nitrogens with zero attached hydrogens (tertiary/aromatic N) is 2. The summed E-state index contributed by atoms with van der Waals surface area (Å²) in [6.07, 6.45) is 0. The minimum atomic E-state index is 0.782. The molecule has 0 fully saturated rings. The SMILES string of the molecule is BrC1=NNN(c2ccccc2)C(c2ccccc2)=C1c1ccccc1. The third-order valence-electron chi connectivity index (χ3n) is 4.04. The number of para-hydroxylation sites is 1. The van der Waals surface area contributed by atoms with Gasteiger partial charge in [-0.15, -0.1) is 0 Å². The van der Waals surface area contributed by atoms with Crippen molar-refractivity contribution in [2.45, 2.75) is 0 Å². The van der Waals surface area contributed by atoms with Crippen molar-refractivity contribution in [1.29, 1.82) is 0 Å². The van der Waals surface area contributed by atoms with Crippen LogP contribution in [0.4, 0.5) is 5.69 Å². The first kappa shape index (κ1) is 15.7. The van der Waals surface area contributed by atoms with Gasteiger partial charge in [-0.25, -0.2) is 10.5 Å². The number of benzene rings is 3. The Hall–Kier alpha value is -2.85. The van der Waals surface area contributed by atoms with Crippen LogP contribution in [-0.2, 0) is 0 Å². The molecule has 1 N–H and O–H groups in total. The maximum Gasteiger partial charge on any atom is 0.138 e. The number of nitrogens with one attached hydrogen (secondary N) is 1. The summed E-state index contributed by atoms with van der Waals surface area (Å²) in [4.78, 5) is 0. The summed E-state index contributed by atoms with van der Waals surface area (Å²) in [5.41, 5.74) is 8.51. The Labute approximate surface area is 155 Å². The highest BCUT2D eigenvalue weighted by Gasteiger charge is 2.25. The molecule has 1 heterocycles. The van der Waals surface area contributed by atoms with Crippen molar-refractivity contribution >= 4 is 37.5 Å². The van der Waals surface area contributed by atoms with Gasteiger partial charge < -0.3 is 0 Å². The molecule has 0 aliphatic carbocycles. The molecule has 3 aromatic rings. The molecule has 0 saturated carbocycles. The average Bonchev–Trinajstić information content (AvgIpc) is 2.70. The first-order valence-electron chi connectivity index (χ1n) is 8.04. The van der Waals surface area contributed by atoms with E-state index in [1.165, 1.54) is 0 Å². The number of hydrogen-bond acceptors (Lipinski definition) is 3. The number of halogens is 1. The van der Waals surface area contributed by atoms with Gasteiger partial charge in [0.05, 0.1) is 11.4 Å². The van der Waals surface area contributed by atoms with E-state index in [2.05, 4.69) is 63.0 Å². The topological polar surface area (TPSA) is 27.6 Å². The Morgan fingerprint density at radius 1 is 0.680 bits per heavy atom. The van der Waals surface area contributed by atoms with Gasteiger partial charge in [-0.3, -0.25) is 0 Å². The molecule has 3 nitrogen and oxygen atoms in total. The molecular formula is C21H16BrN3. The fourth-order valence-electron chi connectivity index (χ4n) is 2.90. The van der Waals surface area contributed by atoms with Gasteiger partial charge in [-0.1, -0.05) is 78.9 Å². The highest BCUT2D eigenvalue weighted by molar-refractivity contribution is 9.18. The van der Waals surface area contributed by atoms with Crippen LogP contribution in [0.1, 0.15) is 11.1 Å². The second-order valence-electron chi connectivity index (χ2n) is 5.63. The molecule has 0 radical (unpaired) electrons. The normalized spacial score (nSPS) is 14.1. The zero-order chi connectivity index (χ0) is 17.1. The highest BCUT2D eigenvalue weighted by Crippen LogP contribution is 2.36. The maximum atomic E-state index is 4.47. The average molecular weight is 390 g/mol. The Kier molecular flexibility index (Phi) is 4.36. The van der Waals surface area contributed by atoms with Crippen LogP contribution in [0.2, 0.25) is 0 Å². The van der Waals surface area contributed by atoms with E-state index in [1.54, 1.807) is 0 Å². The van der Waals surface area contributed by atoms with Crippen molar-refractivity contribution in [2.75, 3.05) is 5.01 Å². The molecule has 0 amide bonds. The fraction of sp³-hybridized carbons (Fsp3) is 0. The van der Waals surface area contributed by atoms with Crippen LogP contribution >= 0.6 is 15.9 Å². The quantitative estimate of drug-likeness (QED) is 0.658. The first-order chi connectivity index (χ1) is 12.3. The van der Waals surface area contributed by atoms with Gasteiger partial charge in [0.15, 0.2) is 0 Å². The van der Waals surface area contributed by atoms with E-state index >= 15 is 0 Å². The van der Waals surface area contributed by atoms with E-state index in [1.807, 2.05) is 59.6 Å². The predicted molar refractivity (Wildman–Crippen MR) is 108 cm³/mol. The number of hydrogen-bond donors (Lipinski definition) is 1. The molecule has 1 aliphatic rings. The Morgan fingerprint density at radius 2 is 1.20 bits per heavy atom. The van der Waals surface area contributed by atoms with Crippen LogP contribution in [0.25, 0.3) is 11.3 Å². The van der Waals surface area contributed by atoms with Gasteiger partial charge in [0.25, 0.3) is 0 Å². The van der Waals surface area contributed by atoms with Crippen molar-refractivity contribution in [1.82, 2.24) is 5.53 Å². The lowest BCUT2D eigenvalue weighted by atomic mass is 9.99. The van der Waals surface area contributed by atoms with E-state index in [0.29, 0.717) is 0 Å². The first-order valence-corrected chi connectivity index (χ1v) is 8.83. The van der Waals surface area contributed by atoms with Crippen LogP contribution in [-0.4, -0.2) is 4.62 Å². The molecule has 3 aromatic carbocycles. The summed E-state index contributed by atoms with van der Waals surface area (Å²) in [6.45, 7) is 0. The Bertz CT molecular complexity index is 919. The molecule has 0 bridgehead atoms. The molecular weight excluding hydrogens is 374 g/mol. The smallest absolute Gasteiger partial charge is 0.138 e. The lowest BCUT2D eigenvalue weighted by molar-refractivity contribution is 0.763. The van der Waals surface area contributed by atoms with E-state index in [-0.39, 0.29) is 0 Å². The molecule has 4 heteroatoms. The van der Waals surface area contributed by atoms with Gasteiger partial charge in [0.1, 0.15) is 4.62 Å². The Balaban J connectivity index is 1.98. The number of anilines is 1. The lowest BCUT2D eigenvalue weighted by Gasteiger charge is -2.32. The van der Waals surface area contributed by atoms with Crippen LogP contribution in [0, 0.1) is 0 Å². The van der Waals surface area contributed by atoms with E-state index in [9.17, 15) is 0 Å². The highest BCUT2D eigenvalue weighted by atomic mass is 79.9. The van der Waals surface area contributed by atoms with Crippen molar-refractivity contribution in [3.05, 3.63) is 102 Å². The van der Waals surface area contributed by atoms with Crippen LogP contribution < -0.4 is 10.5 Å². The lowest BCUT2D eigenvalue weighted by Crippen LogP contribution is -2.37. The molecule has 0 saturated heterocycles. The number of hydrazone groups is 1. The van der Waals surface area contributed by atoms with Crippen molar-refractivity contribution < 1.29 is 0 Å². The van der Waals surface area contributed by atoms with Gasteiger partial charge >= 0.3 is 0 Å². The van der Waals surface area contributed by atoms with Crippen molar-refractivity contribution in [3.8, 4) is 0 Å². The fourth-order valence-corrected chi connectivity index (χ4v) is 3.40. The zero-order valence-electron chi connectivity index (χ0n) is 13.4. The molecule has 4 rings (SSSR count). The predicted octanol–water partition coefficient (Wildman–Crippen LogP) is 5.29. The number of allylic oxidation sites excluding steroid dienone is 1. The molecule has 122 valence electrons. The van der Waals surface area contributed by atoms with Gasteiger partial charge in [0, 0.05) is 11.1 Å². The van der Waals surface area contributed by atoms with Crippen LogP contribution in [0.15, 0.2) is 96.1 Å². The van der Waals surface area contributed by atoms with Crippen molar-refractivity contribution in [3.63, 3.8) is 0 Å². The van der Waals surface area contributed by atoms with E-state index in [0.717, 1.165) is 32.7 Å². The number of rotatable bonds is 3. The maximum absolute atomic E-state index is 4.47. The minimum absolute atomic E-state index is 0.782. The molecule has 0 atom stereocenters. The minimum Gasteiger partial charge on any atom is -0.239 e. The summed E-state index contributed by atoms with van der Waals surface area (Å²) in [5.74, 6) is 0.